The van der Waals surface area contributed by atoms with E-state index in [1.54, 1.807) is 35.2 Å². The lowest BCUT2D eigenvalue weighted by Gasteiger charge is -2.35. The van der Waals surface area contributed by atoms with Crippen LogP contribution in [0, 0.1) is 5.82 Å². The second kappa shape index (κ2) is 9.18. The molecule has 4 rings (SSSR count). The molecule has 0 unspecified atom stereocenters. The molecule has 1 amide bonds. The molecule has 30 heavy (non-hydrogen) atoms. The van der Waals surface area contributed by atoms with Crippen LogP contribution in [0.2, 0.25) is 10.0 Å². The minimum absolute atomic E-state index is 0.155. The third kappa shape index (κ3) is 4.47. The van der Waals surface area contributed by atoms with E-state index in [4.69, 9.17) is 23.2 Å². The number of anilines is 2. The molecule has 4 nitrogen and oxygen atoms in total. The van der Waals surface area contributed by atoms with Gasteiger partial charge in [-0.3, -0.25) is 4.79 Å². The van der Waals surface area contributed by atoms with Gasteiger partial charge in [0.15, 0.2) is 0 Å². The van der Waals surface area contributed by atoms with Crippen molar-refractivity contribution in [2.75, 3.05) is 55.3 Å². The Bertz CT molecular complexity index is 992. The zero-order valence-corrected chi connectivity index (χ0v) is 18.9. The Hall–Kier alpha value is -1.73. The number of carbonyl (C=O) groups is 1. The summed E-state index contributed by atoms with van der Waals surface area (Å²) in [5.41, 5.74) is 1.98. The van der Waals surface area contributed by atoms with Crippen LogP contribution in [-0.4, -0.2) is 56.3 Å². The quantitative estimate of drug-likeness (QED) is 0.595. The number of halogens is 3. The van der Waals surface area contributed by atoms with Crippen molar-refractivity contribution in [3.8, 4) is 0 Å². The Kier molecular flexibility index (Phi) is 6.58. The number of amides is 1. The minimum Gasteiger partial charge on any atom is -0.368 e. The van der Waals surface area contributed by atoms with Crippen LogP contribution in [0.3, 0.4) is 0 Å². The van der Waals surface area contributed by atoms with Crippen molar-refractivity contribution in [2.24, 2.45) is 0 Å². The zero-order valence-electron chi connectivity index (χ0n) is 16.6. The van der Waals surface area contributed by atoms with E-state index in [9.17, 15) is 9.18 Å². The van der Waals surface area contributed by atoms with Gasteiger partial charge in [0.1, 0.15) is 5.82 Å². The molecule has 2 fully saturated rings. The molecule has 0 aliphatic carbocycles. The maximum atomic E-state index is 14.8. The summed E-state index contributed by atoms with van der Waals surface area (Å²) in [6.45, 7) is 4.05. The van der Waals surface area contributed by atoms with Gasteiger partial charge in [0.05, 0.1) is 15.0 Å². The summed E-state index contributed by atoms with van der Waals surface area (Å²) in [7, 11) is 2.08. The molecule has 2 saturated heterocycles. The van der Waals surface area contributed by atoms with Crippen molar-refractivity contribution < 1.29 is 9.18 Å². The highest BCUT2D eigenvalue weighted by molar-refractivity contribution is 8.04. The fourth-order valence-corrected chi connectivity index (χ4v) is 4.89. The van der Waals surface area contributed by atoms with Crippen LogP contribution in [0.5, 0.6) is 0 Å². The van der Waals surface area contributed by atoms with Gasteiger partial charge in [-0.15, -0.1) is 11.8 Å². The Morgan fingerprint density at radius 3 is 2.53 bits per heavy atom. The first-order chi connectivity index (χ1) is 14.4. The molecule has 2 heterocycles. The highest BCUT2D eigenvalue weighted by Crippen LogP contribution is 2.35. The molecule has 2 aromatic carbocycles. The Balaban J connectivity index is 1.66. The molecule has 0 radical (unpaired) electrons. The molecule has 2 aromatic rings. The average Bonchev–Trinajstić information content (AvgIpc) is 2.74. The van der Waals surface area contributed by atoms with Crippen LogP contribution >= 0.6 is 35.0 Å². The van der Waals surface area contributed by atoms with Crippen molar-refractivity contribution in [1.29, 1.82) is 0 Å². The second-order valence-corrected chi connectivity index (χ2v) is 9.33. The van der Waals surface area contributed by atoms with E-state index in [0.717, 1.165) is 37.6 Å². The standard InChI is InChI=1S/C22H22Cl2FN3OS/c1-26-7-9-27(10-8-26)20-4-2-3-19(25)16(20)14-21-22(29)28(11-12-30-21)15-5-6-17(23)18(24)13-15/h2-6,13-14H,7-12H2,1H3/b21-14+. The number of thioether (sulfide) groups is 1. The van der Waals surface area contributed by atoms with E-state index in [-0.39, 0.29) is 11.7 Å². The summed E-state index contributed by atoms with van der Waals surface area (Å²) in [5, 5.41) is 0.843. The lowest BCUT2D eigenvalue weighted by molar-refractivity contribution is -0.114. The van der Waals surface area contributed by atoms with Gasteiger partial charge < -0.3 is 14.7 Å². The van der Waals surface area contributed by atoms with Crippen molar-refractivity contribution in [1.82, 2.24) is 4.90 Å². The Morgan fingerprint density at radius 1 is 1.03 bits per heavy atom. The molecule has 0 bridgehead atoms. The fourth-order valence-electron chi connectivity index (χ4n) is 3.67. The largest absolute Gasteiger partial charge is 0.368 e. The first kappa shape index (κ1) is 21.5. The molecule has 158 valence electrons. The first-order valence-corrected chi connectivity index (χ1v) is 11.5. The number of nitrogens with zero attached hydrogens (tertiary/aromatic N) is 3. The SMILES string of the molecule is CN1CCN(c2cccc(F)c2/C=C2/SCCN(c3ccc(Cl)c(Cl)c3)C2=O)CC1. The van der Waals surface area contributed by atoms with Gasteiger partial charge in [0.25, 0.3) is 5.91 Å². The monoisotopic (exact) mass is 465 g/mol. The van der Waals surface area contributed by atoms with Gasteiger partial charge in [-0.05, 0) is 43.5 Å². The van der Waals surface area contributed by atoms with Crippen molar-refractivity contribution in [3.05, 3.63) is 62.7 Å². The molecule has 2 aliphatic heterocycles. The van der Waals surface area contributed by atoms with Crippen molar-refractivity contribution in [2.45, 2.75) is 0 Å². The minimum atomic E-state index is -0.320. The number of piperazine rings is 1. The lowest BCUT2D eigenvalue weighted by Crippen LogP contribution is -2.44. The lowest BCUT2D eigenvalue weighted by atomic mass is 10.1. The number of hydrogen-bond donors (Lipinski definition) is 0. The van der Waals surface area contributed by atoms with Crippen LogP contribution in [0.15, 0.2) is 41.3 Å². The summed E-state index contributed by atoms with van der Waals surface area (Å²) in [6, 6.07) is 10.2. The maximum Gasteiger partial charge on any atom is 0.264 e. The van der Waals surface area contributed by atoms with Crippen molar-refractivity contribution >= 4 is 58.3 Å². The number of hydrogen-bond acceptors (Lipinski definition) is 4. The topological polar surface area (TPSA) is 26.8 Å². The van der Waals surface area contributed by atoms with Gasteiger partial charge in [-0.25, -0.2) is 4.39 Å². The van der Waals surface area contributed by atoms with Crippen LogP contribution in [0.25, 0.3) is 6.08 Å². The van der Waals surface area contributed by atoms with Crippen molar-refractivity contribution in [3.63, 3.8) is 0 Å². The highest BCUT2D eigenvalue weighted by atomic mass is 35.5. The summed E-state index contributed by atoms with van der Waals surface area (Å²) in [4.78, 5) is 19.8. The van der Waals surface area contributed by atoms with E-state index in [1.165, 1.54) is 17.8 Å². The molecular weight excluding hydrogens is 444 g/mol. The van der Waals surface area contributed by atoms with E-state index in [2.05, 4.69) is 16.8 Å². The third-order valence-electron chi connectivity index (χ3n) is 5.39. The molecular formula is C22H22Cl2FN3OS. The van der Waals surface area contributed by atoms with Crippen LogP contribution in [0.4, 0.5) is 15.8 Å². The Labute approximate surface area is 190 Å². The highest BCUT2D eigenvalue weighted by Gasteiger charge is 2.27. The summed E-state index contributed by atoms with van der Waals surface area (Å²) in [6.07, 6.45) is 1.69. The first-order valence-electron chi connectivity index (χ1n) is 9.77. The molecule has 0 saturated carbocycles. The second-order valence-electron chi connectivity index (χ2n) is 7.38. The number of benzene rings is 2. The van der Waals surface area contributed by atoms with Crippen LogP contribution in [-0.2, 0) is 4.79 Å². The van der Waals surface area contributed by atoms with Gasteiger partial charge in [0, 0.05) is 55.4 Å². The number of carbonyl (C=O) groups excluding carboxylic acids is 1. The van der Waals surface area contributed by atoms with Gasteiger partial charge in [-0.2, -0.15) is 0 Å². The van der Waals surface area contributed by atoms with E-state index < -0.39 is 0 Å². The fraction of sp³-hybridized carbons (Fsp3) is 0.318. The molecule has 0 spiro atoms. The normalized spacial score (nSPS) is 19.6. The Morgan fingerprint density at radius 2 is 1.80 bits per heavy atom. The molecule has 0 aromatic heterocycles. The maximum absolute atomic E-state index is 14.8. The van der Waals surface area contributed by atoms with Gasteiger partial charge in [-0.1, -0.05) is 29.3 Å². The van der Waals surface area contributed by atoms with E-state index in [0.29, 0.717) is 32.7 Å². The average molecular weight is 466 g/mol. The van der Waals surface area contributed by atoms with Gasteiger partial charge in [0.2, 0.25) is 0 Å². The predicted molar refractivity (Wildman–Crippen MR) is 125 cm³/mol. The van der Waals surface area contributed by atoms with E-state index in [1.807, 2.05) is 6.07 Å². The third-order valence-corrected chi connectivity index (χ3v) is 7.12. The molecule has 8 heteroatoms. The number of likely N-dealkylation sites (N-methyl/N-ethyl adjacent to an activating group) is 1. The summed E-state index contributed by atoms with van der Waals surface area (Å²) in [5.74, 6) is 0.243. The molecule has 0 N–H and O–H groups in total. The summed E-state index contributed by atoms with van der Waals surface area (Å²) < 4.78 is 14.8. The summed E-state index contributed by atoms with van der Waals surface area (Å²) >= 11 is 13.6. The number of rotatable bonds is 3. The van der Waals surface area contributed by atoms with E-state index >= 15 is 0 Å². The zero-order chi connectivity index (χ0) is 21.3. The smallest absolute Gasteiger partial charge is 0.264 e. The van der Waals surface area contributed by atoms with Gasteiger partial charge >= 0.3 is 0 Å². The van der Waals surface area contributed by atoms with Crippen LogP contribution in [0.1, 0.15) is 5.56 Å². The molecule has 0 atom stereocenters. The molecule has 2 aliphatic rings. The van der Waals surface area contributed by atoms with Crippen LogP contribution < -0.4 is 9.80 Å². The predicted octanol–water partition coefficient (Wildman–Crippen LogP) is 5.01.